The first kappa shape index (κ1) is 60.2. The number of nitrogens with two attached hydrogens (primary N) is 6. The zero-order valence-corrected chi connectivity index (χ0v) is 44.8. The minimum absolute atomic E-state index is 0. The fourth-order valence-electron chi connectivity index (χ4n) is 13.2. The smallest absolute Gasteiger partial charge is 0.469 e. The number of rotatable bonds is 22. The van der Waals surface area contributed by atoms with Crippen molar-refractivity contribution in [2.24, 2.45) is 79.7 Å². The van der Waals surface area contributed by atoms with Crippen molar-refractivity contribution in [2.75, 3.05) is 6.54 Å². The predicted molar refractivity (Wildman–Crippen MR) is 264 cm³/mol. The number of phosphoric ester groups is 1. The molecule has 0 aromatic rings. The van der Waals surface area contributed by atoms with Crippen LogP contribution in [0.15, 0.2) is 34.3 Å². The number of hydrogen-bond acceptors (Lipinski definition) is 9. The Morgan fingerprint density at radius 2 is 1.32 bits per heavy atom. The van der Waals surface area contributed by atoms with Gasteiger partial charge in [0, 0.05) is 68.3 Å². The van der Waals surface area contributed by atoms with Gasteiger partial charge < -0.3 is 70.8 Å². The van der Waals surface area contributed by atoms with Crippen LogP contribution in [0.5, 0.6) is 0 Å². The summed E-state index contributed by atoms with van der Waals surface area (Å²) in [6.07, 6.45) is 0.581. The van der Waals surface area contributed by atoms with Crippen molar-refractivity contribution in [3.05, 3.63) is 55.6 Å². The van der Waals surface area contributed by atoms with Gasteiger partial charge in [-0.3, -0.25) is 38.1 Å². The zero-order chi connectivity index (χ0) is 53.6. The van der Waals surface area contributed by atoms with Crippen LogP contribution in [0, 0.1) is 45.3 Å². The topological polar surface area (TPSA) is 411 Å². The summed E-state index contributed by atoms with van der Waals surface area (Å²) in [7, 11) is -4.86. The molecule has 5 aliphatic heterocycles. The molecule has 13 atom stereocenters. The molecule has 0 spiro atoms. The van der Waals surface area contributed by atoms with E-state index in [1.807, 2.05) is 61.5 Å². The second-order valence-electron chi connectivity index (χ2n) is 22.3. The van der Waals surface area contributed by atoms with Crippen LogP contribution in [-0.4, -0.2) is 93.5 Å². The number of fused-ring (bicyclic) bond motifs is 9. The average Bonchev–Trinajstić information content (AvgIpc) is 3.83. The summed E-state index contributed by atoms with van der Waals surface area (Å²) in [5.41, 5.74) is 33.1. The molecule has 1 radical (unpaired) electrons. The van der Waals surface area contributed by atoms with Crippen LogP contribution >= 0.6 is 7.82 Å². The van der Waals surface area contributed by atoms with E-state index >= 15 is 0 Å². The summed E-state index contributed by atoms with van der Waals surface area (Å²) in [4.78, 5) is 111. The molecule has 72 heavy (non-hydrogen) atoms. The molecule has 5 heterocycles. The molecule has 0 saturated carbocycles. The SMILES string of the molecule is C/C1=C2/[N-]/C(=C\C3[N-]/C(=C(/C)C4[N-][C@H]([C@H](CC(N)=O)[C@@]4(C)CCC(=O)NC[C@@H](C)OP(=O)(O)O)[C@]4(C)[N-]C1[C@@H](CCC(N)=O)[C@]4(C)CC(N)=O)[C@@H](CCC(N)=O)C3(C)C)[C@@H](CCC(N)=O)[C@]2(C)CC(N)=O.[Co]. The van der Waals surface area contributed by atoms with Crippen molar-refractivity contribution < 1.29 is 69.2 Å². The van der Waals surface area contributed by atoms with Crippen molar-refractivity contribution >= 4 is 49.2 Å². The molecule has 5 rings (SSSR count). The quantitative estimate of drug-likeness (QED) is 0.0706. The summed E-state index contributed by atoms with van der Waals surface area (Å²) in [5.74, 6) is -6.61. The summed E-state index contributed by atoms with van der Waals surface area (Å²) in [6.45, 7) is 16.4. The van der Waals surface area contributed by atoms with E-state index < -0.39 is 130 Å². The van der Waals surface area contributed by atoms with Crippen LogP contribution in [0.3, 0.4) is 0 Å². The fraction of sp³-hybridized carbons (Fsp3) is 0.729. The second kappa shape index (κ2) is 22.2. The van der Waals surface area contributed by atoms with Gasteiger partial charge in [0.2, 0.25) is 41.4 Å². The van der Waals surface area contributed by atoms with Crippen molar-refractivity contribution in [3.63, 3.8) is 0 Å². The monoisotopic (exact) mass is 1070 g/mol. The minimum Gasteiger partial charge on any atom is -0.681 e. The van der Waals surface area contributed by atoms with Crippen LogP contribution in [0.25, 0.3) is 21.3 Å². The van der Waals surface area contributed by atoms with E-state index in [9.17, 15) is 47.9 Å². The molecular formula is C48H76CoN11O11P-4. The largest absolute Gasteiger partial charge is 0.681 e. The Hall–Kier alpha value is -4.35. The fourth-order valence-corrected chi connectivity index (χ4v) is 13.7. The number of hydrogen-bond donors (Lipinski definition) is 9. The van der Waals surface area contributed by atoms with Gasteiger partial charge in [-0.2, -0.15) is 17.1 Å². The van der Waals surface area contributed by atoms with Crippen molar-refractivity contribution in [2.45, 2.75) is 169 Å². The summed E-state index contributed by atoms with van der Waals surface area (Å²) >= 11 is 0. The molecule has 3 unspecified atom stereocenters. The first-order valence-corrected chi connectivity index (χ1v) is 25.8. The number of nitrogens with zero attached hydrogens (tertiary/aromatic N) is 4. The van der Waals surface area contributed by atoms with Gasteiger partial charge in [-0.05, 0) is 91.8 Å². The first-order chi connectivity index (χ1) is 32.6. The molecule has 5 aliphatic rings. The van der Waals surface area contributed by atoms with E-state index in [1.165, 1.54) is 6.92 Å². The average molecular weight is 1070 g/mol. The van der Waals surface area contributed by atoms with Crippen LogP contribution in [0.1, 0.15) is 133 Å². The number of amides is 7. The third-order valence-electron chi connectivity index (χ3n) is 17.0. The Morgan fingerprint density at radius 3 is 1.85 bits per heavy atom. The molecule has 7 amide bonds. The molecule has 0 aromatic carbocycles. The van der Waals surface area contributed by atoms with E-state index in [2.05, 4.69) is 5.32 Å². The van der Waals surface area contributed by atoms with Gasteiger partial charge in [0.05, 0.1) is 6.10 Å². The van der Waals surface area contributed by atoms with E-state index in [1.54, 1.807) is 0 Å². The maximum absolute atomic E-state index is 13.8. The molecule has 8 bridgehead atoms. The molecule has 407 valence electrons. The van der Waals surface area contributed by atoms with E-state index in [0.29, 0.717) is 28.2 Å². The molecule has 4 saturated heterocycles. The third-order valence-corrected chi connectivity index (χ3v) is 17.6. The minimum atomic E-state index is -4.86. The maximum Gasteiger partial charge on any atom is 0.469 e. The van der Waals surface area contributed by atoms with Gasteiger partial charge in [-0.25, -0.2) is 4.57 Å². The summed E-state index contributed by atoms with van der Waals surface area (Å²) in [6, 6.07) is -3.18. The Bertz CT molecular complexity index is 2320. The molecule has 24 heteroatoms. The number of carbonyl (C=O) groups is 7. The van der Waals surface area contributed by atoms with Gasteiger partial charge in [-0.1, -0.05) is 47.6 Å². The summed E-state index contributed by atoms with van der Waals surface area (Å²) < 4.78 is 16.2. The molecular weight excluding hydrogens is 997 g/mol. The van der Waals surface area contributed by atoms with Crippen LogP contribution in [0.4, 0.5) is 0 Å². The number of phosphoric acid groups is 1. The zero-order valence-electron chi connectivity index (χ0n) is 42.9. The first-order valence-electron chi connectivity index (χ1n) is 24.3. The van der Waals surface area contributed by atoms with Crippen molar-refractivity contribution in [1.29, 1.82) is 0 Å². The Kier molecular flexibility index (Phi) is 18.6. The number of primary amides is 6. The number of nitrogens with one attached hydrogen (secondary N) is 1. The van der Waals surface area contributed by atoms with Crippen LogP contribution in [0.2, 0.25) is 0 Å². The Morgan fingerprint density at radius 1 is 0.764 bits per heavy atom. The third kappa shape index (κ3) is 12.1. The maximum atomic E-state index is 13.8. The predicted octanol–water partition coefficient (Wildman–Crippen LogP) is 3.54. The summed E-state index contributed by atoms with van der Waals surface area (Å²) in [5, 5.41) is 24.9. The van der Waals surface area contributed by atoms with E-state index in [-0.39, 0.29) is 94.0 Å². The molecule has 22 nitrogen and oxygen atoms in total. The van der Waals surface area contributed by atoms with Gasteiger partial charge in [0.1, 0.15) is 0 Å². The van der Waals surface area contributed by atoms with Gasteiger partial charge in [-0.15, -0.1) is 40.9 Å². The van der Waals surface area contributed by atoms with E-state index in [0.717, 1.165) is 0 Å². The van der Waals surface area contributed by atoms with E-state index in [4.69, 9.17) is 60.2 Å². The number of allylic oxidation sites excluding steroid dienone is 3. The van der Waals surface area contributed by atoms with Crippen molar-refractivity contribution in [3.8, 4) is 0 Å². The van der Waals surface area contributed by atoms with Crippen LogP contribution < -0.4 is 39.7 Å². The van der Waals surface area contributed by atoms with Crippen molar-refractivity contribution in [1.82, 2.24) is 5.32 Å². The normalized spacial score (nSPS) is 36.8. The Balaban J connectivity index is 0.0000112. The van der Waals surface area contributed by atoms with Gasteiger partial charge >= 0.3 is 7.82 Å². The Labute approximate surface area is 432 Å². The van der Waals surface area contributed by atoms with Crippen LogP contribution in [-0.2, 0) is 59.4 Å². The number of carbonyl (C=O) groups excluding carboxylic acids is 7. The standard InChI is InChI=1S/C48H76N11O11P.Co/c1-23(70-71(67,68)69)22-55-38(66)16-17-45(6)29(18-35(52)63)43-48(9)47(8,21-37(54)65)28(12-15-34(51)62)40(59-48)25(3)42-46(7,20-36(53)64)26(10-13-32(49)60)30(56-42)19-31-44(4,5)27(11-14-33(50)61)39(57-31)24(2)41(45)58-43;/h19,23,26-29,31,40-41,43H,10-18,20-22H2,1-9H3,(H2,49,60)(H2,50,61)(H2,51,62)(H2,52,63)(H2,53,64)(H2,54,65)(H,55,66)(H2,67,68,69);/q-4;/b30-19-,39-24-,42-25-;/t23-,26-,27-,28-,29+,31?,40?,41?,43-,45-,46+,47+,48+;/m1./s1. The second-order valence-corrected chi connectivity index (χ2v) is 23.4. The molecule has 0 aromatic heterocycles. The molecule has 15 N–H and O–H groups in total. The molecule has 0 aliphatic carbocycles. The van der Waals surface area contributed by atoms with Gasteiger partial charge in [0.15, 0.2) is 0 Å². The van der Waals surface area contributed by atoms with Gasteiger partial charge in [0.25, 0.3) is 0 Å². The molecule has 4 fully saturated rings.